The average molecular weight is 254 g/mol. The van der Waals surface area contributed by atoms with Crippen molar-refractivity contribution in [2.75, 3.05) is 21.3 Å². The van der Waals surface area contributed by atoms with Crippen molar-refractivity contribution < 1.29 is 19.3 Å². The number of aliphatic hydroxyl groups is 1. The molecule has 102 valence electrons. The highest BCUT2D eigenvalue weighted by atomic mass is 16.5. The third-order valence-corrected chi connectivity index (χ3v) is 2.96. The molecular formula is C14H22O4. The summed E-state index contributed by atoms with van der Waals surface area (Å²) < 4.78 is 15.8. The van der Waals surface area contributed by atoms with E-state index in [2.05, 4.69) is 0 Å². The molecule has 0 aliphatic rings. The molecule has 1 aromatic rings. The quantitative estimate of drug-likeness (QED) is 0.811. The number of hydrogen-bond acceptors (Lipinski definition) is 4. The largest absolute Gasteiger partial charge is 0.493 e. The van der Waals surface area contributed by atoms with Crippen molar-refractivity contribution in [2.45, 2.75) is 32.3 Å². The van der Waals surface area contributed by atoms with Gasteiger partial charge in [0.1, 0.15) is 0 Å². The van der Waals surface area contributed by atoms with Gasteiger partial charge in [-0.1, -0.05) is 6.92 Å². The Kier molecular flexibility index (Phi) is 5.78. The maximum Gasteiger partial charge on any atom is 0.203 e. The van der Waals surface area contributed by atoms with E-state index in [1.54, 1.807) is 21.3 Å². The Morgan fingerprint density at radius 2 is 1.61 bits per heavy atom. The first kappa shape index (κ1) is 14.6. The summed E-state index contributed by atoms with van der Waals surface area (Å²) in [6.45, 7) is 1.97. The first-order valence-corrected chi connectivity index (χ1v) is 6.13. The van der Waals surface area contributed by atoms with Crippen LogP contribution in [0.1, 0.15) is 25.3 Å². The molecule has 4 heteroatoms. The summed E-state index contributed by atoms with van der Waals surface area (Å²) in [7, 11) is 4.78. The predicted molar refractivity (Wildman–Crippen MR) is 70.7 cm³/mol. The standard InChI is InChI=1S/C14H22O4/c1-5-11(15)7-6-10-8-12(16-2)14(18-4)13(9-10)17-3/h8-9,11,15H,5-7H2,1-4H3. The second-order valence-electron chi connectivity index (χ2n) is 4.13. The van der Waals surface area contributed by atoms with Crippen molar-refractivity contribution in [3.63, 3.8) is 0 Å². The molecule has 0 aromatic heterocycles. The molecule has 1 aromatic carbocycles. The summed E-state index contributed by atoms with van der Waals surface area (Å²) in [6.07, 6.45) is 2.02. The fraction of sp³-hybridized carbons (Fsp3) is 0.571. The van der Waals surface area contributed by atoms with Crippen LogP contribution in [-0.2, 0) is 6.42 Å². The molecule has 1 rings (SSSR count). The molecule has 1 atom stereocenters. The monoisotopic (exact) mass is 254 g/mol. The zero-order valence-corrected chi connectivity index (χ0v) is 11.5. The Morgan fingerprint density at radius 3 is 2.00 bits per heavy atom. The Bertz CT molecular complexity index is 351. The number of benzene rings is 1. The molecule has 1 N–H and O–H groups in total. The summed E-state index contributed by atoms with van der Waals surface area (Å²) in [5, 5.41) is 9.59. The van der Waals surface area contributed by atoms with Crippen LogP contribution in [-0.4, -0.2) is 32.5 Å². The first-order chi connectivity index (χ1) is 8.65. The topological polar surface area (TPSA) is 47.9 Å². The van der Waals surface area contributed by atoms with E-state index in [-0.39, 0.29) is 6.10 Å². The van der Waals surface area contributed by atoms with E-state index < -0.39 is 0 Å². The van der Waals surface area contributed by atoms with Crippen LogP contribution in [0.2, 0.25) is 0 Å². The minimum absolute atomic E-state index is 0.260. The Balaban J connectivity index is 2.93. The summed E-state index contributed by atoms with van der Waals surface area (Å²) in [4.78, 5) is 0. The van der Waals surface area contributed by atoms with E-state index in [1.165, 1.54) is 0 Å². The lowest BCUT2D eigenvalue weighted by molar-refractivity contribution is 0.160. The molecule has 0 aliphatic carbocycles. The number of aliphatic hydroxyl groups excluding tert-OH is 1. The van der Waals surface area contributed by atoms with Gasteiger partial charge in [-0.05, 0) is 37.0 Å². The second kappa shape index (κ2) is 7.11. The molecule has 0 spiro atoms. The van der Waals surface area contributed by atoms with Crippen LogP contribution in [0, 0.1) is 0 Å². The maximum atomic E-state index is 9.59. The molecule has 0 saturated carbocycles. The molecule has 0 amide bonds. The second-order valence-corrected chi connectivity index (χ2v) is 4.13. The lowest BCUT2D eigenvalue weighted by Crippen LogP contribution is -2.06. The van der Waals surface area contributed by atoms with Gasteiger partial charge in [-0.3, -0.25) is 0 Å². The van der Waals surface area contributed by atoms with Gasteiger partial charge in [-0.25, -0.2) is 0 Å². The van der Waals surface area contributed by atoms with Gasteiger partial charge in [-0.15, -0.1) is 0 Å². The van der Waals surface area contributed by atoms with E-state index in [1.807, 2.05) is 19.1 Å². The summed E-state index contributed by atoms with van der Waals surface area (Å²) in [6, 6.07) is 3.84. The Morgan fingerprint density at radius 1 is 1.06 bits per heavy atom. The van der Waals surface area contributed by atoms with E-state index in [0.29, 0.717) is 17.2 Å². The number of rotatable bonds is 7. The zero-order valence-electron chi connectivity index (χ0n) is 11.5. The number of hydrogen-bond donors (Lipinski definition) is 1. The van der Waals surface area contributed by atoms with Gasteiger partial charge < -0.3 is 19.3 Å². The number of methoxy groups -OCH3 is 3. The molecule has 0 radical (unpaired) electrons. The molecule has 1 unspecified atom stereocenters. The summed E-state index contributed by atoms with van der Waals surface area (Å²) in [5.41, 5.74) is 1.07. The fourth-order valence-electron chi connectivity index (χ4n) is 1.82. The van der Waals surface area contributed by atoms with Crippen LogP contribution in [0.15, 0.2) is 12.1 Å². The van der Waals surface area contributed by atoms with Crippen molar-refractivity contribution in [3.8, 4) is 17.2 Å². The molecule has 0 fully saturated rings. The molecule has 0 heterocycles. The summed E-state index contributed by atoms with van der Waals surface area (Å²) >= 11 is 0. The number of aryl methyl sites for hydroxylation is 1. The Labute approximate surface area is 108 Å². The van der Waals surface area contributed by atoms with Crippen molar-refractivity contribution in [1.29, 1.82) is 0 Å². The van der Waals surface area contributed by atoms with Crippen molar-refractivity contribution >= 4 is 0 Å². The van der Waals surface area contributed by atoms with Gasteiger partial charge >= 0.3 is 0 Å². The van der Waals surface area contributed by atoms with Crippen molar-refractivity contribution in [3.05, 3.63) is 17.7 Å². The third kappa shape index (κ3) is 3.53. The molecule has 18 heavy (non-hydrogen) atoms. The van der Waals surface area contributed by atoms with Crippen LogP contribution < -0.4 is 14.2 Å². The molecule has 4 nitrogen and oxygen atoms in total. The van der Waals surface area contributed by atoms with E-state index in [0.717, 1.165) is 24.8 Å². The average Bonchev–Trinajstić information content (AvgIpc) is 2.43. The minimum Gasteiger partial charge on any atom is -0.493 e. The zero-order chi connectivity index (χ0) is 13.5. The van der Waals surface area contributed by atoms with E-state index in [9.17, 15) is 5.11 Å². The maximum absolute atomic E-state index is 9.59. The minimum atomic E-state index is -0.260. The van der Waals surface area contributed by atoms with Gasteiger partial charge in [0.2, 0.25) is 5.75 Å². The highest BCUT2D eigenvalue weighted by Gasteiger charge is 2.13. The third-order valence-electron chi connectivity index (χ3n) is 2.96. The molecule has 0 aliphatic heterocycles. The van der Waals surface area contributed by atoms with Crippen molar-refractivity contribution in [1.82, 2.24) is 0 Å². The number of ether oxygens (including phenoxy) is 3. The van der Waals surface area contributed by atoms with Crippen LogP contribution in [0.25, 0.3) is 0 Å². The van der Waals surface area contributed by atoms with E-state index >= 15 is 0 Å². The SMILES string of the molecule is CCC(O)CCc1cc(OC)c(OC)c(OC)c1. The van der Waals surface area contributed by atoms with Crippen molar-refractivity contribution in [2.24, 2.45) is 0 Å². The smallest absolute Gasteiger partial charge is 0.203 e. The lowest BCUT2D eigenvalue weighted by atomic mass is 10.0. The molecule has 0 saturated heterocycles. The molecular weight excluding hydrogens is 232 g/mol. The normalized spacial score (nSPS) is 12.1. The van der Waals surface area contributed by atoms with Gasteiger partial charge in [0.05, 0.1) is 27.4 Å². The highest BCUT2D eigenvalue weighted by molar-refractivity contribution is 5.53. The highest BCUT2D eigenvalue weighted by Crippen LogP contribution is 2.38. The predicted octanol–water partition coefficient (Wildman–Crippen LogP) is 2.42. The molecule has 0 bridgehead atoms. The van der Waals surface area contributed by atoms with Gasteiger partial charge in [0.25, 0.3) is 0 Å². The van der Waals surface area contributed by atoms with Crippen LogP contribution in [0.5, 0.6) is 17.2 Å². The van der Waals surface area contributed by atoms with Crippen LogP contribution in [0.4, 0.5) is 0 Å². The van der Waals surface area contributed by atoms with Crippen LogP contribution >= 0.6 is 0 Å². The summed E-state index contributed by atoms with van der Waals surface area (Å²) in [5.74, 6) is 1.90. The van der Waals surface area contributed by atoms with Gasteiger partial charge in [-0.2, -0.15) is 0 Å². The Hall–Kier alpha value is -1.42. The fourth-order valence-corrected chi connectivity index (χ4v) is 1.82. The lowest BCUT2D eigenvalue weighted by Gasteiger charge is -2.14. The van der Waals surface area contributed by atoms with Gasteiger partial charge in [0.15, 0.2) is 11.5 Å². The first-order valence-electron chi connectivity index (χ1n) is 6.13. The van der Waals surface area contributed by atoms with Gasteiger partial charge in [0, 0.05) is 0 Å². The van der Waals surface area contributed by atoms with Crippen LogP contribution in [0.3, 0.4) is 0 Å². The van der Waals surface area contributed by atoms with E-state index in [4.69, 9.17) is 14.2 Å².